The Morgan fingerprint density at radius 3 is 1.98 bits per heavy atom. The molecule has 4 aromatic heterocycles. The van der Waals surface area contributed by atoms with Crippen molar-refractivity contribution in [1.82, 2.24) is 29.4 Å². The van der Waals surface area contributed by atoms with Gasteiger partial charge in [0.15, 0.2) is 0 Å². The molecule has 2 fully saturated rings. The molecule has 6 heterocycles. The first kappa shape index (κ1) is 29.1. The zero-order valence-electron chi connectivity index (χ0n) is 25.8. The lowest BCUT2D eigenvalue weighted by molar-refractivity contribution is 0.00897. The van der Waals surface area contributed by atoms with Crippen LogP contribution in [0.15, 0.2) is 36.4 Å². The second-order valence-corrected chi connectivity index (χ2v) is 12.8. The Labute approximate surface area is 244 Å². The van der Waals surface area contributed by atoms with Gasteiger partial charge in [-0.2, -0.15) is 10.2 Å². The van der Waals surface area contributed by atoms with Crippen LogP contribution < -0.4 is 5.32 Å². The molecule has 41 heavy (non-hydrogen) atoms. The van der Waals surface area contributed by atoms with Crippen LogP contribution in [0, 0.1) is 27.7 Å². The van der Waals surface area contributed by atoms with Crippen LogP contribution in [0.1, 0.15) is 105 Å². The van der Waals surface area contributed by atoms with Crippen molar-refractivity contribution >= 4 is 17.1 Å². The van der Waals surface area contributed by atoms with Crippen LogP contribution in [0.25, 0.3) is 11.0 Å². The quantitative estimate of drug-likeness (QED) is 0.282. The Hall–Kier alpha value is -3.39. The molecule has 8 nitrogen and oxygen atoms in total. The molecule has 220 valence electrons. The van der Waals surface area contributed by atoms with Crippen LogP contribution in [-0.2, 0) is 4.74 Å². The molecule has 1 amide bonds. The molecule has 1 N–H and O–H groups in total. The number of likely N-dealkylation sites (tertiary alicyclic amines) is 1. The van der Waals surface area contributed by atoms with Crippen molar-refractivity contribution in [3.05, 3.63) is 70.3 Å². The number of carbonyl (C=O) groups is 1. The number of rotatable bonds is 2. The summed E-state index contributed by atoms with van der Waals surface area (Å²) in [4.78, 5) is 14.4. The Bertz CT molecular complexity index is 1520. The van der Waals surface area contributed by atoms with Gasteiger partial charge in [-0.3, -0.25) is 4.90 Å². The number of amides is 1. The summed E-state index contributed by atoms with van der Waals surface area (Å²) in [6.07, 6.45) is 6.63. The third-order valence-corrected chi connectivity index (χ3v) is 7.94. The summed E-state index contributed by atoms with van der Waals surface area (Å²) in [5, 5.41) is 13.1. The number of hydrogen-bond acceptors (Lipinski definition) is 5. The zero-order chi connectivity index (χ0) is 29.3. The molecule has 0 aliphatic carbocycles. The maximum absolute atomic E-state index is 12.6. The lowest BCUT2D eigenvalue weighted by atomic mass is 10.00. The van der Waals surface area contributed by atoms with Crippen molar-refractivity contribution in [3.8, 4) is 0 Å². The number of aromatic nitrogens is 4. The molecule has 2 aliphatic rings. The standard InChI is InChI=1S/C19H27N3O2.C14H19N3/c1-13-10-14(2)22-15(11-13)12-16(20-22)17-8-6-7-9-21(17)18(23)24-19(3,4)5;1-10-7-11(2)17-12(8-10)9-14(16-17)13-5-3-4-6-15-13/h10-12,17H,6-9H2,1-5H3;7-9,13,15H,3-6H2,1-2H3/t17-;13-/m00/s1. The molecule has 8 heteroatoms. The Kier molecular flexibility index (Phi) is 8.41. The number of fused-ring (bicyclic) bond motifs is 2. The van der Waals surface area contributed by atoms with Crippen LogP contribution in [0.2, 0.25) is 0 Å². The lowest BCUT2D eigenvalue weighted by Gasteiger charge is -2.35. The first-order chi connectivity index (χ1) is 19.5. The highest BCUT2D eigenvalue weighted by molar-refractivity contribution is 5.69. The van der Waals surface area contributed by atoms with Gasteiger partial charge in [0.2, 0.25) is 0 Å². The predicted octanol–water partition coefficient (Wildman–Crippen LogP) is 7.18. The first-order valence-electron chi connectivity index (χ1n) is 15.2. The van der Waals surface area contributed by atoms with Crippen molar-refractivity contribution in [2.24, 2.45) is 0 Å². The molecule has 6 rings (SSSR count). The molecule has 0 radical (unpaired) electrons. The van der Waals surface area contributed by atoms with E-state index < -0.39 is 5.60 Å². The van der Waals surface area contributed by atoms with Gasteiger partial charge in [0.05, 0.1) is 34.5 Å². The molecule has 0 aromatic carbocycles. The number of hydrogen-bond donors (Lipinski definition) is 1. The first-order valence-corrected chi connectivity index (χ1v) is 15.2. The summed E-state index contributed by atoms with van der Waals surface area (Å²) in [6.45, 7) is 16.0. The molecule has 2 saturated heterocycles. The molecule has 2 aliphatic heterocycles. The van der Waals surface area contributed by atoms with E-state index in [-0.39, 0.29) is 12.1 Å². The van der Waals surface area contributed by atoms with E-state index in [1.165, 1.54) is 47.3 Å². The zero-order valence-corrected chi connectivity index (χ0v) is 25.8. The molecule has 0 bridgehead atoms. The smallest absolute Gasteiger partial charge is 0.410 e. The minimum absolute atomic E-state index is 0.00629. The molecular formula is C33H46N6O2. The van der Waals surface area contributed by atoms with E-state index >= 15 is 0 Å². The van der Waals surface area contributed by atoms with Gasteiger partial charge < -0.3 is 10.1 Å². The van der Waals surface area contributed by atoms with E-state index in [0.29, 0.717) is 6.04 Å². The van der Waals surface area contributed by atoms with E-state index in [4.69, 9.17) is 14.9 Å². The van der Waals surface area contributed by atoms with Gasteiger partial charge in [-0.25, -0.2) is 13.8 Å². The van der Waals surface area contributed by atoms with Gasteiger partial charge in [0.1, 0.15) is 5.60 Å². The van der Waals surface area contributed by atoms with Crippen LogP contribution >= 0.6 is 0 Å². The summed E-state index contributed by atoms with van der Waals surface area (Å²) in [5.74, 6) is 0. The fourth-order valence-corrected chi connectivity index (χ4v) is 6.15. The van der Waals surface area contributed by atoms with Crippen LogP contribution in [0.5, 0.6) is 0 Å². The Morgan fingerprint density at radius 1 is 0.805 bits per heavy atom. The number of carbonyl (C=O) groups excluding carboxylic acids is 1. The summed E-state index contributed by atoms with van der Waals surface area (Å²) >= 11 is 0. The summed E-state index contributed by atoms with van der Waals surface area (Å²) in [5.41, 5.74) is 8.80. The minimum Gasteiger partial charge on any atom is -0.444 e. The van der Waals surface area contributed by atoms with Gasteiger partial charge >= 0.3 is 6.09 Å². The number of piperidine rings is 2. The second kappa shape index (κ2) is 11.8. The molecule has 0 spiro atoms. The lowest BCUT2D eigenvalue weighted by Crippen LogP contribution is -2.42. The van der Waals surface area contributed by atoms with Gasteiger partial charge in [0.25, 0.3) is 0 Å². The number of nitrogens with one attached hydrogen (secondary N) is 1. The molecule has 0 saturated carbocycles. The molecule has 2 atom stereocenters. The topological polar surface area (TPSA) is 76.2 Å². The Balaban J connectivity index is 0.000000174. The number of aryl methyl sites for hydroxylation is 4. The predicted molar refractivity (Wildman–Crippen MR) is 163 cm³/mol. The van der Waals surface area contributed by atoms with Crippen LogP contribution in [0.3, 0.4) is 0 Å². The van der Waals surface area contributed by atoms with Crippen LogP contribution in [-0.4, -0.2) is 48.9 Å². The van der Waals surface area contributed by atoms with Crippen LogP contribution in [0.4, 0.5) is 4.79 Å². The third-order valence-electron chi connectivity index (χ3n) is 7.94. The van der Waals surface area contributed by atoms with E-state index in [1.54, 1.807) is 0 Å². The fraction of sp³-hybridized carbons (Fsp3) is 0.545. The maximum atomic E-state index is 12.6. The van der Waals surface area contributed by atoms with Gasteiger partial charge in [-0.05, 0) is 135 Å². The number of pyridine rings is 2. The van der Waals surface area contributed by atoms with E-state index in [2.05, 4.69) is 73.9 Å². The fourth-order valence-electron chi connectivity index (χ4n) is 6.15. The third kappa shape index (κ3) is 6.75. The monoisotopic (exact) mass is 558 g/mol. The average Bonchev–Trinajstić information content (AvgIpc) is 3.54. The maximum Gasteiger partial charge on any atom is 0.410 e. The Morgan fingerprint density at radius 2 is 1.39 bits per heavy atom. The van der Waals surface area contributed by atoms with E-state index in [9.17, 15) is 4.79 Å². The largest absolute Gasteiger partial charge is 0.444 e. The summed E-state index contributed by atoms with van der Waals surface area (Å²) in [6, 6.07) is 13.4. The number of ether oxygens (including phenoxy) is 1. The summed E-state index contributed by atoms with van der Waals surface area (Å²) < 4.78 is 9.61. The van der Waals surface area contributed by atoms with Gasteiger partial charge in [-0.15, -0.1) is 0 Å². The molecule has 4 aromatic rings. The van der Waals surface area contributed by atoms with Crippen molar-refractivity contribution < 1.29 is 9.53 Å². The summed E-state index contributed by atoms with van der Waals surface area (Å²) in [7, 11) is 0. The highest BCUT2D eigenvalue weighted by atomic mass is 16.6. The van der Waals surface area contributed by atoms with Crippen molar-refractivity contribution in [2.45, 2.75) is 105 Å². The van der Waals surface area contributed by atoms with Gasteiger partial charge in [0, 0.05) is 17.9 Å². The minimum atomic E-state index is -0.480. The SMILES string of the molecule is Cc1cc(C)n2nc([C@@H]3CCCCN3)cc2c1.Cc1cc(C)n2nc([C@@H]3CCCCN3C(=O)OC(C)(C)C)cc2c1. The molecular weight excluding hydrogens is 512 g/mol. The van der Waals surface area contributed by atoms with E-state index in [1.807, 2.05) is 30.2 Å². The highest BCUT2D eigenvalue weighted by Crippen LogP contribution is 2.32. The van der Waals surface area contributed by atoms with Gasteiger partial charge in [-0.1, -0.05) is 6.42 Å². The van der Waals surface area contributed by atoms with E-state index in [0.717, 1.165) is 49.3 Å². The molecule has 0 unspecified atom stereocenters. The van der Waals surface area contributed by atoms with Crippen molar-refractivity contribution in [1.29, 1.82) is 0 Å². The average molecular weight is 559 g/mol. The van der Waals surface area contributed by atoms with Crippen molar-refractivity contribution in [3.63, 3.8) is 0 Å². The normalized spacial score (nSPS) is 19.7. The highest BCUT2D eigenvalue weighted by Gasteiger charge is 2.33. The number of nitrogens with zero attached hydrogens (tertiary/aromatic N) is 5. The van der Waals surface area contributed by atoms with Crippen molar-refractivity contribution in [2.75, 3.05) is 13.1 Å². The second-order valence-electron chi connectivity index (χ2n) is 12.8.